The average molecular weight is 197 g/mol. The van der Waals surface area contributed by atoms with E-state index in [9.17, 15) is 4.79 Å². The number of carbonyl (C=O) groups excluding carboxylic acids is 1. The lowest BCUT2D eigenvalue weighted by atomic mass is 10.1. The highest BCUT2D eigenvalue weighted by Gasteiger charge is 2.21. The summed E-state index contributed by atoms with van der Waals surface area (Å²) in [4.78, 5) is 13.7. The van der Waals surface area contributed by atoms with Gasteiger partial charge in [0.15, 0.2) is 0 Å². The quantitative estimate of drug-likeness (QED) is 0.644. The Morgan fingerprint density at radius 2 is 2.07 bits per heavy atom. The van der Waals surface area contributed by atoms with Gasteiger partial charge in [-0.3, -0.25) is 0 Å². The molecule has 0 bridgehead atoms. The minimum absolute atomic E-state index is 0.137. The summed E-state index contributed by atoms with van der Waals surface area (Å²) >= 11 is 0. The monoisotopic (exact) mass is 197 g/mol. The van der Waals surface area contributed by atoms with Crippen molar-refractivity contribution in [2.45, 2.75) is 31.7 Å². The van der Waals surface area contributed by atoms with Crippen molar-refractivity contribution < 1.29 is 4.79 Å². The van der Waals surface area contributed by atoms with Gasteiger partial charge in [-0.2, -0.15) is 0 Å². The largest absolute Gasteiger partial charge is 0.334 e. The molecule has 0 spiro atoms. The van der Waals surface area contributed by atoms with Crippen LogP contribution in [0, 0.1) is 0 Å². The Kier molecular flexibility index (Phi) is 3.24. The van der Waals surface area contributed by atoms with E-state index in [0.29, 0.717) is 6.04 Å². The summed E-state index contributed by atoms with van der Waals surface area (Å²) in [6, 6.07) is 0.489. The zero-order chi connectivity index (χ0) is 9.80. The van der Waals surface area contributed by atoms with Crippen molar-refractivity contribution in [2.75, 3.05) is 26.2 Å². The van der Waals surface area contributed by atoms with Gasteiger partial charge >= 0.3 is 6.03 Å². The normalized spacial score (nSPS) is 27.7. The van der Waals surface area contributed by atoms with E-state index in [1.54, 1.807) is 0 Å². The van der Waals surface area contributed by atoms with Gasteiger partial charge < -0.3 is 15.5 Å². The third-order valence-electron chi connectivity index (χ3n) is 3.03. The first-order chi connectivity index (χ1) is 6.86. The van der Waals surface area contributed by atoms with E-state index in [0.717, 1.165) is 45.4 Å². The lowest BCUT2D eigenvalue weighted by Gasteiger charge is -2.28. The molecule has 2 heterocycles. The molecular weight excluding hydrogens is 178 g/mol. The Morgan fingerprint density at radius 1 is 1.29 bits per heavy atom. The maximum atomic E-state index is 11.7. The van der Waals surface area contributed by atoms with Gasteiger partial charge in [-0.15, -0.1) is 0 Å². The van der Waals surface area contributed by atoms with E-state index in [4.69, 9.17) is 0 Å². The molecule has 2 amide bonds. The summed E-state index contributed by atoms with van der Waals surface area (Å²) in [7, 11) is 0. The minimum Gasteiger partial charge on any atom is -0.334 e. The zero-order valence-electron chi connectivity index (χ0n) is 8.59. The molecule has 4 nitrogen and oxygen atoms in total. The first kappa shape index (κ1) is 9.77. The predicted molar refractivity (Wildman–Crippen MR) is 55.2 cm³/mol. The van der Waals surface area contributed by atoms with E-state index >= 15 is 0 Å². The van der Waals surface area contributed by atoms with Gasteiger partial charge in [0.1, 0.15) is 0 Å². The third kappa shape index (κ3) is 2.38. The number of nitrogens with one attached hydrogen (secondary N) is 2. The molecule has 2 saturated heterocycles. The molecule has 2 N–H and O–H groups in total. The molecule has 0 radical (unpaired) electrons. The number of carbonyl (C=O) groups is 1. The second-order valence-electron chi connectivity index (χ2n) is 4.19. The van der Waals surface area contributed by atoms with Gasteiger partial charge in [-0.05, 0) is 32.2 Å². The first-order valence-corrected chi connectivity index (χ1v) is 5.62. The lowest BCUT2D eigenvalue weighted by molar-refractivity contribution is 0.183. The predicted octanol–water partition coefficient (Wildman–Crippen LogP) is 0.544. The fourth-order valence-electron chi connectivity index (χ4n) is 2.14. The van der Waals surface area contributed by atoms with Gasteiger partial charge in [0.05, 0.1) is 0 Å². The molecule has 1 unspecified atom stereocenters. The molecule has 4 heteroatoms. The molecule has 0 aliphatic carbocycles. The molecule has 2 aliphatic heterocycles. The fourth-order valence-corrected chi connectivity index (χ4v) is 2.14. The number of likely N-dealkylation sites (tertiary alicyclic amines) is 1. The minimum atomic E-state index is 0.137. The van der Waals surface area contributed by atoms with Crippen LogP contribution < -0.4 is 10.6 Å². The molecule has 0 saturated carbocycles. The van der Waals surface area contributed by atoms with Crippen LogP contribution in [-0.4, -0.2) is 43.2 Å². The number of nitrogens with zero attached hydrogens (tertiary/aromatic N) is 1. The van der Waals surface area contributed by atoms with Gasteiger partial charge in [-0.25, -0.2) is 4.79 Å². The Balaban J connectivity index is 1.75. The number of hydrogen-bond donors (Lipinski definition) is 2. The Labute approximate surface area is 85.0 Å². The van der Waals surface area contributed by atoms with Crippen molar-refractivity contribution in [3.8, 4) is 0 Å². The van der Waals surface area contributed by atoms with Crippen LogP contribution >= 0.6 is 0 Å². The molecule has 1 atom stereocenters. The van der Waals surface area contributed by atoms with E-state index in [1.807, 2.05) is 4.90 Å². The Hall–Kier alpha value is -0.770. The topological polar surface area (TPSA) is 44.4 Å². The highest BCUT2D eigenvalue weighted by molar-refractivity contribution is 5.74. The molecule has 0 aromatic carbocycles. The maximum Gasteiger partial charge on any atom is 0.317 e. The van der Waals surface area contributed by atoms with Crippen molar-refractivity contribution in [3.63, 3.8) is 0 Å². The van der Waals surface area contributed by atoms with Gasteiger partial charge in [0.25, 0.3) is 0 Å². The number of urea groups is 1. The summed E-state index contributed by atoms with van der Waals surface area (Å²) < 4.78 is 0. The van der Waals surface area contributed by atoms with Crippen molar-refractivity contribution in [1.29, 1.82) is 0 Å². The molecule has 2 rings (SSSR count). The summed E-state index contributed by atoms with van der Waals surface area (Å²) in [5, 5.41) is 6.32. The number of rotatable bonds is 1. The average Bonchev–Trinajstić information content (AvgIpc) is 2.72. The fraction of sp³-hybridized carbons (Fsp3) is 0.900. The number of amides is 2. The molecule has 0 aromatic rings. The van der Waals surface area contributed by atoms with Crippen LogP contribution in [0.25, 0.3) is 0 Å². The summed E-state index contributed by atoms with van der Waals surface area (Å²) in [5.41, 5.74) is 0. The van der Waals surface area contributed by atoms with Crippen LogP contribution in [0.15, 0.2) is 0 Å². The van der Waals surface area contributed by atoms with Crippen molar-refractivity contribution in [3.05, 3.63) is 0 Å². The molecular formula is C10H19N3O. The zero-order valence-corrected chi connectivity index (χ0v) is 8.59. The van der Waals surface area contributed by atoms with Crippen LogP contribution in [0.5, 0.6) is 0 Å². The standard InChI is InChI=1S/C10H19N3O/c14-10(12-9-4-5-11-8-9)13-6-2-1-3-7-13/h9,11H,1-8H2,(H,12,14). The summed E-state index contributed by atoms with van der Waals surface area (Å²) in [6.07, 6.45) is 4.67. The number of piperidine rings is 1. The second kappa shape index (κ2) is 4.64. The van der Waals surface area contributed by atoms with Crippen molar-refractivity contribution in [1.82, 2.24) is 15.5 Å². The van der Waals surface area contributed by atoms with E-state index in [1.165, 1.54) is 6.42 Å². The van der Waals surface area contributed by atoms with Crippen molar-refractivity contribution >= 4 is 6.03 Å². The molecule has 2 fully saturated rings. The highest BCUT2D eigenvalue weighted by Crippen LogP contribution is 2.09. The van der Waals surface area contributed by atoms with Gasteiger partial charge in [0, 0.05) is 25.7 Å². The van der Waals surface area contributed by atoms with Crippen molar-refractivity contribution in [2.24, 2.45) is 0 Å². The van der Waals surface area contributed by atoms with Gasteiger partial charge in [0.2, 0.25) is 0 Å². The van der Waals surface area contributed by atoms with Crippen LogP contribution in [0.2, 0.25) is 0 Å². The SMILES string of the molecule is O=C(NC1CCNC1)N1CCCCC1. The Morgan fingerprint density at radius 3 is 2.71 bits per heavy atom. The van der Waals surface area contributed by atoms with Crippen LogP contribution in [0.3, 0.4) is 0 Å². The highest BCUT2D eigenvalue weighted by atomic mass is 16.2. The van der Waals surface area contributed by atoms with E-state index in [2.05, 4.69) is 10.6 Å². The first-order valence-electron chi connectivity index (χ1n) is 5.62. The van der Waals surface area contributed by atoms with Crippen LogP contribution in [0.4, 0.5) is 4.79 Å². The van der Waals surface area contributed by atoms with E-state index < -0.39 is 0 Å². The molecule has 14 heavy (non-hydrogen) atoms. The summed E-state index contributed by atoms with van der Waals surface area (Å²) in [5.74, 6) is 0. The summed E-state index contributed by atoms with van der Waals surface area (Å²) in [6.45, 7) is 3.84. The molecule has 80 valence electrons. The third-order valence-corrected chi connectivity index (χ3v) is 3.03. The second-order valence-corrected chi connectivity index (χ2v) is 4.19. The Bertz CT molecular complexity index is 196. The van der Waals surface area contributed by atoms with Crippen LogP contribution in [-0.2, 0) is 0 Å². The smallest absolute Gasteiger partial charge is 0.317 e. The maximum absolute atomic E-state index is 11.7. The molecule has 0 aromatic heterocycles. The van der Waals surface area contributed by atoms with Crippen LogP contribution in [0.1, 0.15) is 25.7 Å². The molecule has 2 aliphatic rings. The van der Waals surface area contributed by atoms with Gasteiger partial charge in [-0.1, -0.05) is 0 Å². The van der Waals surface area contributed by atoms with E-state index in [-0.39, 0.29) is 6.03 Å². The number of hydrogen-bond acceptors (Lipinski definition) is 2. The lowest BCUT2D eigenvalue weighted by Crippen LogP contribution is -2.47.